The molecule has 0 aromatic heterocycles. The van der Waals surface area contributed by atoms with Crippen molar-refractivity contribution in [1.29, 1.82) is 0 Å². The number of hydrogen-bond donors (Lipinski definition) is 4. The molecule has 23 heavy (non-hydrogen) atoms. The lowest BCUT2D eigenvalue weighted by Gasteiger charge is -2.23. The van der Waals surface area contributed by atoms with Gasteiger partial charge < -0.3 is 15.7 Å². The van der Waals surface area contributed by atoms with Crippen molar-refractivity contribution in [3.63, 3.8) is 0 Å². The predicted octanol–water partition coefficient (Wildman–Crippen LogP) is 1.25. The minimum Gasteiger partial charge on any atom is -0.480 e. The molecule has 7 heteroatoms. The topological polar surface area (TPSA) is 95.5 Å². The van der Waals surface area contributed by atoms with E-state index >= 15 is 0 Å². The Hall–Kier alpha value is -2.02. The maximum Gasteiger partial charge on any atom is 0.327 e. The van der Waals surface area contributed by atoms with E-state index < -0.39 is 24.0 Å². The minimum atomic E-state index is -1.17. The molecule has 0 spiro atoms. The average molecular weight is 338 g/mol. The highest BCUT2D eigenvalue weighted by Gasteiger charge is 2.28. The predicted molar refractivity (Wildman–Crippen MR) is 90.7 cm³/mol. The van der Waals surface area contributed by atoms with E-state index in [0.717, 1.165) is 5.56 Å². The lowest BCUT2D eigenvalue weighted by molar-refractivity contribution is -0.141. The van der Waals surface area contributed by atoms with Crippen LogP contribution in [-0.4, -0.2) is 40.7 Å². The molecule has 0 unspecified atom stereocenters. The number of nitrogens with one attached hydrogen (secondary N) is 2. The molecule has 0 heterocycles. The van der Waals surface area contributed by atoms with Crippen molar-refractivity contribution in [1.82, 2.24) is 10.6 Å². The fourth-order valence-corrected chi connectivity index (χ4v) is 2.28. The Labute approximate surface area is 141 Å². The van der Waals surface area contributed by atoms with Crippen LogP contribution in [0.5, 0.6) is 0 Å². The molecule has 0 bridgehead atoms. The van der Waals surface area contributed by atoms with E-state index in [1.54, 1.807) is 39.0 Å². The van der Waals surface area contributed by atoms with E-state index in [4.69, 9.17) is 5.11 Å². The first-order valence-electron chi connectivity index (χ1n) is 7.28. The number of hydrogen-bond acceptors (Lipinski definition) is 4. The summed E-state index contributed by atoms with van der Waals surface area (Å²) in [6, 6.07) is 5.12. The maximum absolute atomic E-state index is 12.4. The van der Waals surface area contributed by atoms with Gasteiger partial charge in [-0.2, -0.15) is 12.6 Å². The summed E-state index contributed by atoms with van der Waals surface area (Å²) in [5.41, 5.74) is 1.28. The summed E-state index contributed by atoms with van der Waals surface area (Å²) in [7, 11) is 0. The number of carbonyl (C=O) groups excluding carboxylic acids is 2. The quantitative estimate of drug-likeness (QED) is 0.563. The van der Waals surface area contributed by atoms with E-state index in [-0.39, 0.29) is 17.6 Å². The molecule has 3 N–H and O–H groups in total. The lowest BCUT2D eigenvalue weighted by atomic mass is 10.0. The molecule has 0 aliphatic heterocycles. The van der Waals surface area contributed by atoms with Crippen molar-refractivity contribution >= 4 is 30.4 Å². The number of carbonyl (C=O) groups is 3. The van der Waals surface area contributed by atoms with Crippen LogP contribution in [0.25, 0.3) is 0 Å². The highest BCUT2D eigenvalue weighted by molar-refractivity contribution is 7.80. The second kappa shape index (κ2) is 8.57. The molecular formula is C16H22N2O4S. The molecule has 0 radical (unpaired) electrons. The molecule has 6 nitrogen and oxygen atoms in total. The third-order valence-corrected chi connectivity index (χ3v) is 3.79. The average Bonchev–Trinajstić information content (AvgIpc) is 2.49. The number of carboxylic acids is 1. The number of benzene rings is 1. The second-order valence-corrected chi connectivity index (χ2v) is 5.96. The van der Waals surface area contributed by atoms with Gasteiger partial charge in [-0.1, -0.05) is 32.0 Å². The summed E-state index contributed by atoms with van der Waals surface area (Å²) >= 11 is 3.91. The van der Waals surface area contributed by atoms with Crippen LogP contribution >= 0.6 is 12.6 Å². The van der Waals surface area contributed by atoms with Crippen molar-refractivity contribution < 1.29 is 19.5 Å². The Morgan fingerprint density at radius 3 is 2.26 bits per heavy atom. The zero-order chi connectivity index (χ0) is 17.6. The fraction of sp³-hybridized carbons (Fsp3) is 0.438. The summed E-state index contributed by atoms with van der Waals surface area (Å²) in [5.74, 6) is -2.30. The number of amides is 2. The molecule has 1 aromatic rings. The van der Waals surface area contributed by atoms with Crippen LogP contribution in [-0.2, 0) is 9.59 Å². The Bertz CT molecular complexity index is 589. The van der Waals surface area contributed by atoms with E-state index in [2.05, 4.69) is 23.3 Å². The van der Waals surface area contributed by atoms with Crippen molar-refractivity contribution in [3.8, 4) is 0 Å². The van der Waals surface area contributed by atoms with E-state index in [9.17, 15) is 14.4 Å². The third kappa shape index (κ3) is 5.28. The third-order valence-electron chi connectivity index (χ3n) is 3.42. The maximum atomic E-state index is 12.4. The first-order chi connectivity index (χ1) is 10.8. The standard InChI is InChI=1S/C16H22N2O4S/c1-9(2)13(15(20)17-12(8-23)16(21)22)18-14(19)11-7-5-4-6-10(11)3/h4-7,9,12-13,23H,8H2,1-3H3,(H,17,20)(H,18,19)(H,21,22)/t12-,13+/m0/s1. The van der Waals surface area contributed by atoms with E-state index in [1.807, 2.05) is 6.07 Å². The monoisotopic (exact) mass is 338 g/mol. The molecule has 1 rings (SSSR count). The summed E-state index contributed by atoms with van der Waals surface area (Å²) in [6.07, 6.45) is 0. The molecule has 1 aromatic carbocycles. The van der Waals surface area contributed by atoms with Crippen LogP contribution < -0.4 is 10.6 Å². The molecule has 0 aliphatic rings. The summed E-state index contributed by atoms with van der Waals surface area (Å²) in [6.45, 7) is 5.36. The van der Waals surface area contributed by atoms with Gasteiger partial charge in [0.2, 0.25) is 5.91 Å². The van der Waals surface area contributed by atoms with Gasteiger partial charge in [0.1, 0.15) is 12.1 Å². The first kappa shape index (κ1) is 19.0. The van der Waals surface area contributed by atoms with Gasteiger partial charge in [0.15, 0.2) is 0 Å². The normalized spacial score (nSPS) is 13.3. The number of carboxylic acid groups (broad SMARTS) is 1. The summed E-state index contributed by atoms with van der Waals surface area (Å²) in [4.78, 5) is 35.6. The largest absolute Gasteiger partial charge is 0.480 e. The Kier molecular flexibility index (Phi) is 7.09. The minimum absolute atomic E-state index is 0.0301. The smallest absolute Gasteiger partial charge is 0.327 e. The molecule has 0 saturated carbocycles. The van der Waals surface area contributed by atoms with Crippen LogP contribution in [0.2, 0.25) is 0 Å². The van der Waals surface area contributed by atoms with Crippen LogP contribution in [0.1, 0.15) is 29.8 Å². The molecule has 126 valence electrons. The van der Waals surface area contributed by atoms with Gasteiger partial charge in [0.05, 0.1) is 0 Å². The highest BCUT2D eigenvalue weighted by atomic mass is 32.1. The second-order valence-electron chi connectivity index (χ2n) is 5.59. The van der Waals surface area contributed by atoms with Crippen LogP contribution in [0.15, 0.2) is 24.3 Å². The Balaban J connectivity index is 2.87. The number of thiol groups is 1. The van der Waals surface area contributed by atoms with Gasteiger partial charge in [-0.25, -0.2) is 4.79 Å². The molecule has 2 atom stereocenters. The van der Waals surface area contributed by atoms with Gasteiger partial charge in [-0.3, -0.25) is 9.59 Å². The van der Waals surface area contributed by atoms with Gasteiger partial charge in [0.25, 0.3) is 5.91 Å². The van der Waals surface area contributed by atoms with Gasteiger partial charge in [-0.05, 0) is 24.5 Å². The Morgan fingerprint density at radius 1 is 1.17 bits per heavy atom. The van der Waals surface area contributed by atoms with Gasteiger partial charge >= 0.3 is 5.97 Å². The van der Waals surface area contributed by atoms with Crippen LogP contribution in [0.4, 0.5) is 0 Å². The highest BCUT2D eigenvalue weighted by Crippen LogP contribution is 2.09. The first-order valence-corrected chi connectivity index (χ1v) is 7.91. The zero-order valence-corrected chi connectivity index (χ0v) is 14.3. The molecule has 0 aliphatic carbocycles. The van der Waals surface area contributed by atoms with E-state index in [1.165, 1.54) is 0 Å². The van der Waals surface area contributed by atoms with Gasteiger partial charge in [-0.15, -0.1) is 0 Å². The SMILES string of the molecule is Cc1ccccc1C(=O)N[C@@H](C(=O)N[C@@H](CS)C(=O)O)C(C)C. The molecular weight excluding hydrogens is 316 g/mol. The van der Waals surface area contributed by atoms with E-state index in [0.29, 0.717) is 5.56 Å². The van der Waals surface area contributed by atoms with Crippen molar-refractivity contribution in [2.75, 3.05) is 5.75 Å². The molecule has 2 amide bonds. The zero-order valence-electron chi connectivity index (χ0n) is 13.4. The van der Waals surface area contributed by atoms with Crippen LogP contribution in [0, 0.1) is 12.8 Å². The number of aliphatic carboxylic acids is 1. The van der Waals surface area contributed by atoms with Gasteiger partial charge in [0, 0.05) is 11.3 Å². The fourth-order valence-electron chi connectivity index (χ4n) is 2.03. The lowest BCUT2D eigenvalue weighted by Crippen LogP contribution is -2.54. The molecule has 0 fully saturated rings. The summed E-state index contributed by atoms with van der Waals surface area (Å²) in [5, 5.41) is 14.1. The van der Waals surface area contributed by atoms with Crippen molar-refractivity contribution in [2.24, 2.45) is 5.92 Å². The Morgan fingerprint density at radius 2 is 1.78 bits per heavy atom. The summed E-state index contributed by atoms with van der Waals surface area (Å²) < 4.78 is 0. The van der Waals surface area contributed by atoms with Crippen molar-refractivity contribution in [2.45, 2.75) is 32.9 Å². The van der Waals surface area contributed by atoms with Crippen LogP contribution in [0.3, 0.4) is 0 Å². The number of rotatable bonds is 7. The van der Waals surface area contributed by atoms with Crippen molar-refractivity contribution in [3.05, 3.63) is 35.4 Å². The number of aryl methyl sites for hydroxylation is 1. The molecule has 0 saturated heterocycles.